The molecule has 0 aromatic carbocycles. The van der Waals surface area contributed by atoms with E-state index >= 15 is 0 Å². The Morgan fingerprint density at radius 2 is 2.25 bits per heavy atom. The lowest BCUT2D eigenvalue weighted by atomic mass is 10.2. The van der Waals surface area contributed by atoms with E-state index in [9.17, 15) is 4.79 Å². The lowest BCUT2D eigenvalue weighted by molar-refractivity contribution is 0.0945. The van der Waals surface area contributed by atoms with E-state index in [2.05, 4.69) is 15.0 Å². The van der Waals surface area contributed by atoms with Gasteiger partial charge < -0.3 is 16.4 Å². The molecule has 0 bridgehead atoms. The van der Waals surface area contributed by atoms with Gasteiger partial charge in [0.2, 0.25) is 0 Å². The summed E-state index contributed by atoms with van der Waals surface area (Å²) in [6.07, 6.45) is 2.31. The number of anilines is 2. The minimum Gasteiger partial charge on any atom is -0.382 e. The molecule has 1 aliphatic rings. The van der Waals surface area contributed by atoms with Crippen LogP contribution in [0.25, 0.3) is 0 Å². The molecule has 0 radical (unpaired) electrons. The van der Waals surface area contributed by atoms with Crippen LogP contribution in [0.15, 0.2) is 0 Å². The Bertz CT molecular complexity index is 398. The lowest BCUT2D eigenvalue weighted by Gasteiger charge is -2.09. The number of nitrogen functional groups attached to an aromatic ring is 1. The van der Waals surface area contributed by atoms with Crippen LogP contribution in [0.4, 0.5) is 10.8 Å². The Morgan fingerprint density at radius 3 is 2.81 bits per heavy atom. The number of carbonyl (C=O) groups is 1. The van der Waals surface area contributed by atoms with E-state index in [1.54, 1.807) is 0 Å². The van der Waals surface area contributed by atoms with Gasteiger partial charge in [-0.1, -0.05) is 0 Å². The van der Waals surface area contributed by atoms with E-state index in [4.69, 9.17) is 5.73 Å². The molecule has 1 saturated carbocycles. The van der Waals surface area contributed by atoms with Gasteiger partial charge >= 0.3 is 0 Å². The third-order valence-electron chi connectivity index (χ3n) is 2.28. The summed E-state index contributed by atoms with van der Waals surface area (Å²) in [7, 11) is 0. The molecule has 1 heterocycles. The summed E-state index contributed by atoms with van der Waals surface area (Å²) < 4.78 is 4.02. The first-order chi connectivity index (χ1) is 7.58. The smallest absolute Gasteiger partial charge is 0.258 e. The largest absolute Gasteiger partial charge is 0.382 e. The number of nitrogens with two attached hydrogens (primary N) is 1. The summed E-state index contributed by atoms with van der Waals surface area (Å²) >= 11 is 1.25. The molecule has 1 fully saturated rings. The molecule has 2 rings (SSSR count). The number of aromatic nitrogens is 1. The van der Waals surface area contributed by atoms with E-state index in [0.717, 1.165) is 17.8 Å². The Morgan fingerprint density at radius 1 is 1.56 bits per heavy atom. The van der Waals surface area contributed by atoms with Crippen molar-refractivity contribution in [1.29, 1.82) is 0 Å². The summed E-state index contributed by atoms with van der Waals surface area (Å²) in [4.78, 5) is 11.9. The summed E-state index contributed by atoms with van der Waals surface area (Å²) in [6, 6.07) is 0.589. The summed E-state index contributed by atoms with van der Waals surface area (Å²) in [5.41, 5.74) is 6.20. The molecule has 1 aromatic rings. The number of hydrogen-bond acceptors (Lipinski definition) is 5. The van der Waals surface area contributed by atoms with Crippen molar-refractivity contribution in [1.82, 2.24) is 9.69 Å². The third kappa shape index (κ3) is 2.44. The van der Waals surface area contributed by atoms with Gasteiger partial charge in [-0.25, -0.2) is 0 Å². The van der Waals surface area contributed by atoms with E-state index in [1.165, 1.54) is 11.5 Å². The number of amides is 1. The fourth-order valence-electron chi connectivity index (χ4n) is 1.37. The number of nitrogens with zero attached hydrogens (tertiary/aromatic N) is 1. The van der Waals surface area contributed by atoms with E-state index in [1.807, 2.05) is 13.8 Å². The molecule has 4 N–H and O–H groups in total. The highest BCUT2D eigenvalue weighted by atomic mass is 32.1. The molecule has 1 aromatic heterocycles. The van der Waals surface area contributed by atoms with Crippen molar-refractivity contribution >= 4 is 28.3 Å². The van der Waals surface area contributed by atoms with Gasteiger partial charge in [-0.2, -0.15) is 4.37 Å². The molecule has 0 spiro atoms. The zero-order chi connectivity index (χ0) is 11.7. The third-order valence-corrected chi connectivity index (χ3v) is 3.07. The van der Waals surface area contributed by atoms with Crippen molar-refractivity contribution in [3.63, 3.8) is 0 Å². The van der Waals surface area contributed by atoms with Crippen molar-refractivity contribution in [2.24, 2.45) is 0 Å². The molecule has 0 atom stereocenters. The number of hydrogen-bond donors (Lipinski definition) is 3. The summed E-state index contributed by atoms with van der Waals surface area (Å²) in [6.45, 7) is 3.84. The molecule has 0 aliphatic heterocycles. The SMILES string of the molecule is CC(C)NC(=O)c1c(N)nsc1NC1CC1. The van der Waals surface area contributed by atoms with Gasteiger partial charge in [0, 0.05) is 12.1 Å². The van der Waals surface area contributed by atoms with Crippen LogP contribution in [0.3, 0.4) is 0 Å². The fourth-order valence-corrected chi connectivity index (χ4v) is 2.16. The Labute approximate surface area is 98.6 Å². The van der Waals surface area contributed by atoms with Crippen LogP contribution in [-0.2, 0) is 0 Å². The Kier molecular flexibility index (Phi) is 3.00. The first-order valence-corrected chi connectivity index (χ1v) is 6.18. The molecular formula is C10H16N4OS. The molecule has 6 heteroatoms. The topological polar surface area (TPSA) is 80.0 Å². The van der Waals surface area contributed by atoms with Gasteiger partial charge in [-0.15, -0.1) is 0 Å². The quantitative estimate of drug-likeness (QED) is 0.744. The summed E-state index contributed by atoms with van der Waals surface area (Å²) in [5.74, 6) is 0.163. The zero-order valence-corrected chi connectivity index (χ0v) is 10.2. The van der Waals surface area contributed by atoms with Crippen LogP contribution in [0, 0.1) is 0 Å². The van der Waals surface area contributed by atoms with Crippen molar-refractivity contribution in [3.8, 4) is 0 Å². The van der Waals surface area contributed by atoms with Gasteiger partial charge in [0.15, 0.2) is 5.82 Å². The minimum absolute atomic E-state index is 0.0978. The van der Waals surface area contributed by atoms with E-state index in [-0.39, 0.29) is 11.9 Å². The molecule has 88 valence electrons. The Hall–Kier alpha value is -1.30. The molecule has 0 unspecified atom stereocenters. The average Bonchev–Trinajstić information content (AvgIpc) is 2.89. The second kappa shape index (κ2) is 4.29. The van der Waals surface area contributed by atoms with Gasteiger partial charge in [-0.3, -0.25) is 4.79 Å². The van der Waals surface area contributed by atoms with Crippen molar-refractivity contribution < 1.29 is 4.79 Å². The molecule has 1 amide bonds. The van der Waals surface area contributed by atoms with Crippen LogP contribution in [0.2, 0.25) is 0 Å². The predicted octanol–water partition coefficient (Wildman–Crippen LogP) is 1.44. The second-order valence-corrected chi connectivity index (χ2v) is 5.09. The first kappa shape index (κ1) is 11.2. The van der Waals surface area contributed by atoms with Crippen molar-refractivity contribution in [3.05, 3.63) is 5.56 Å². The average molecular weight is 240 g/mol. The van der Waals surface area contributed by atoms with Crippen LogP contribution in [0.1, 0.15) is 37.0 Å². The Balaban J connectivity index is 2.16. The molecule has 16 heavy (non-hydrogen) atoms. The van der Waals surface area contributed by atoms with Crippen molar-refractivity contribution in [2.45, 2.75) is 38.8 Å². The fraction of sp³-hybridized carbons (Fsp3) is 0.600. The normalized spacial score (nSPS) is 15.2. The minimum atomic E-state index is -0.149. The van der Waals surface area contributed by atoms with Crippen LogP contribution >= 0.6 is 11.5 Å². The molecule has 5 nitrogen and oxygen atoms in total. The van der Waals surface area contributed by atoms with Crippen molar-refractivity contribution in [2.75, 3.05) is 11.1 Å². The predicted molar refractivity (Wildman–Crippen MR) is 65.8 cm³/mol. The van der Waals surface area contributed by atoms with Gasteiger partial charge in [0.1, 0.15) is 10.6 Å². The number of rotatable bonds is 4. The second-order valence-electron chi connectivity index (χ2n) is 4.32. The lowest BCUT2D eigenvalue weighted by Crippen LogP contribution is -2.31. The maximum absolute atomic E-state index is 11.9. The number of carbonyl (C=O) groups excluding carboxylic acids is 1. The van der Waals surface area contributed by atoms with Crippen LogP contribution in [0.5, 0.6) is 0 Å². The standard InChI is InChI=1S/C10H16N4OS/c1-5(2)12-9(15)7-8(11)14-16-10(7)13-6-3-4-6/h5-6,13H,3-4H2,1-2H3,(H2,11,14)(H,12,15). The molecule has 1 aliphatic carbocycles. The highest BCUT2D eigenvalue weighted by molar-refractivity contribution is 7.11. The molecule has 0 saturated heterocycles. The van der Waals surface area contributed by atoms with Crippen LogP contribution in [-0.4, -0.2) is 22.4 Å². The van der Waals surface area contributed by atoms with Gasteiger partial charge in [0.25, 0.3) is 5.91 Å². The summed E-state index contributed by atoms with van der Waals surface area (Å²) in [5, 5.41) is 6.89. The number of nitrogens with one attached hydrogen (secondary N) is 2. The monoisotopic (exact) mass is 240 g/mol. The maximum Gasteiger partial charge on any atom is 0.258 e. The first-order valence-electron chi connectivity index (χ1n) is 5.40. The van der Waals surface area contributed by atoms with E-state index in [0.29, 0.717) is 17.4 Å². The van der Waals surface area contributed by atoms with Crippen LogP contribution < -0.4 is 16.4 Å². The van der Waals surface area contributed by atoms with Gasteiger partial charge in [-0.05, 0) is 38.2 Å². The molecular weight excluding hydrogens is 224 g/mol. The van der Waals surface area contributed by atoms with Gasteiger partial charge in [0.05, 0.1) is 0 Å². The maximum atomic E-state index is 11.9. The zero-order valence-electron chi connectivity index (χ0n) is 9.41. The highest BCUT2D eigenvalue weighted by Crippen LogP contribution is 2.32. The highest BCUT2D eigenvalue weighted by Gasteiger charge is 2.26. The van der Waals surface area contributed by atoms with E-state index < -0.39 is 0 Å².